The molecule has 0 heterocycles. The van der Waals surface area contributed by atoms with Crippen molar-refractivity contribution in [2.45, 2.75) is 32.5 Å². The Morgan fingerprint density at radius 2 is 1.65 bits per heavy atom. The van der Waals surface area contributed by atoms with E-state index in [2.05, 4.69) is 5.32 Å². The van der Waals surface area contributed by atoms with Gasteiger partial charge in [0.15, 0.2) is 0 Å². The number of hydrogen-bond acceptors (Lipinski definition) is 5. The van der Waals surface area contributed by atoms with Crippen molar-refractivity contribution in [2.24, 2.45) is 0 Å². The number of sulfonamides is 1. The van der Waals surface area contributed by atoms with E-state index in [-0.39, 0.29) is 25.5 Å². The maximum atomic E-state index is 13.4. The van der Waals surface area contributed by atoms with Crippen LogP contribution < -0.4 is 5.32 Å². The van der Waals surface area contributed by atoms with Gasteiger partial charge in [0.1, 0.15) is 6.04 Å². The molecule has 0 saturated heterocycles. The smallest absolute Gasteiger partial charge is 0.242 e. The molecule has 0 spiro atoms. The van der Waals surface area contributed by atoms with Gasteiger partial charge in [-0.05, 0) is 36.6 Å². The number of nitrogens with zero attached hydrogens (tertiary/aromatic N) is 2. The molecule has 0 radical (unpaired) electrons. The first-order valence-electron chi connectivity index (χ1n) is 10.9. The molecule has 2 aromatic rings. The summed E-state index contributed by atoms with van der Waals surface area (Å²) >= 11 is 5.97. The van der Waals surface area contributed by atoms with E-state index < -0.39 is 22.0 Å². The zero-order chi connectivity index (χ0) is 25.1. The third kappa shape index (κ3) is 9.06. The first-order chi connectivity index (χ1) is 16.1. The van der Waals surface area contributed by atoms with Gasteiger partial charge in [-0.3, -0.25) is 9.59 Å². The lowest BCUT2D eigenvalue weighted by Gasteiger charge is -2.31. The average molecular weight is 510 g/mol. The zero-order valence-electron chi connectivity index (χ0n) is 19.7. The zero-order valence-corrected chi connectivity index (χ0v) is 21.3. The van der Waals surface area contributed by atoms with Crippen LogP contribution in [0.5, 0.6) is 0 Å². The van der Waals surface area contributed by atoms with Crippen LogP contribution in [0.3, 0.4) is 0 Å². The van der Waals surface area contributed by atoms with E-state index in [1.165, 1.54) is 4.90 Å². The van der Waals surface area contributed by atoms with Gasteiger partial charge in [-0.2, -0.15) is 4.31 Å². The molecule has 8 nitrogen and oxygen atoms in total. The molecule has 10 heteroatoms. The number of amides is 2. The second-order valence-electron chi connectivity index (χ2n) is 7.98. The number of rotatable bonds is 13. The fourth-order valence-electron chi connectivity index (χ4n) is 3.26. The summed E-state index contributed by atoms with van der Waals surface area (Å²) in [7, 11) is -2.10. The number of carbonyl (C=O) groups excluding carboxylic acids is 2. The largest absolute Gasteiger partial charge is 0.385 e. The van der Waals surface area contributed by atoms with Gasteiger partial charge in [0.2, 0.25) is 21.8 Å². The number of halogens is 1. The third-order valence-corrected chi connectivity index (χ3v) is 6.69. The molecule has 1 atom stereocenters. The Morgan fingerprint density at radius 1 is 1.03 bits per heavy atom. The molecule has 0 aromatic heterocycles. The highest BCUT2D eigenvalue weighted by molar-refractivity contribution is 7.88. The van der Waals surface area contributed by atoms with Gasteiger partial charge in [-0.25, -0.2) is 8.42 Å². The number of methoxy groups -OCH3 is 1. The second kappa shape index (κ2) is 13.4. The highest BCUT2D eigenvalue weighted by Gasteiger charge is 2.29. The van der Waals surface area contributed by atoms with Crippen molar-refractivity contribution < 1.29 is 22.7 Å². The minimum absolute atomic E-state index is 0.0534. The van der Waals surface area contributed by atoms with Gasteiger partial charge in [-0.1, -0.05) is 54.1 Å². The summed E-state index contributed by atoms with van der Waals surface area (Å²) in [5, 5.41) is 3.36. The Hall–Kier alpha value is -2.46. The van der Waals surface area contributed by atoms with Crippen molar-refractivity contribution in [3.8, 4) is 0 Å². The Kier molecular flexibility index (Phi) is 11.0. The van der Waals surface area contributed by atoms with Gasteiger partial charge >= 0.3 is 0 Å². The lowest BCUT2D eigenvalue weighted by Crippen LogP contribution is -2.51. The predicted molar refractivity (Wildman–Crippen MR) is 133 cm³/mol. The van der Waals surface area contributed by atoms with Crippen molar-refractivity contribution in [2.75, 3.05) is 33.1 Å². The van der Waals surface area contributed by atoms with Gasteiger partial charge in [0.25, 0.3) is 0 Å². The van der Waals surface area contributed by atoms with E-state index in [0.717, 1.165) is 21.7 Å². The summed E-state index contributed by atoms with van der Waals surface area (Å²) in [6, 6.07) is 15.2. The van der Waals surface area contributed by atoms with Crippen molar-refractivity contribution >= 4 is 33.4 Å². The number of hydrogen-bond donors (Lipinski definition) is 1. The number of benzene rings is 2. The monoisotopic (exact) mass is 509 g/mol. The Morgan fingerprint density at radius 3 is 2.24 bits per heavy atom. The van der Waals surface area contributed by atoms with E-state index in [9.17, 15) is 18.0 Å². The summed E-state index contributed by atoms with van der Waals surface area (Å²) in [5.41, 5.74) is 1.53. The summed E-state index contributed by atoms with van der Waals surface area (Å²) in [4.78, 5) is 27.5. The van der Waals surface area contributed by atoms with Crippen LogP contribution in [-0.2, 0) is 37.4 Å². The minimum atomic E-state index is -3.68. The molecule has 0 fully saturated rings. The highest BCUT2D eigenvalue weighted by atomic mass is 35.5. The number of nitrogens with one attached hydrogen (secondary N) is 1. The van der Waals surface area contributed by atoms with Crippen molar-refractivity contribution in [3.63, 3.8) is 0 Å². The van der Waals surface area contributed by atoms with Crippen LogP contribution in [0.4, 0.5) is 0 Å². The van der Waals surface area contributed by atoms with Crippen LogP contribution in [0, 0.1) is 0 Å². The van der Waals surface area contributed by atoms with Crippen LogP contribution in [-0.4, -0.2) is 68.5 Å². The molecule has 0 unspecified atom stereocenters. The first-order valence-corrected chi connectivity index (χ1v) is 13.1. The van der Waals surface area contributed by atoms with Crippen LogP contribution in [0.15, 0.2) is 54.6 Å². The predicted octanol–water partition coefficient (Wildman–Crippen LogP) is 2.67. The molecule has 2 aromatic carbocycles. The third-order valence-electron chi connectivity index (χ3n) is 5.24. The molecule has 34 heavy (non-hydrogen) atoms. The first kappa shape index (κ1) is 27.8. The Balaban J connectivity index is 2.23. The summed E-state index contributed by atoms with van der Waals surface area (Å²) < 4.78 is 31.0. The Bertz CT molecular complexity index is 1030. The molecule has 0 saturated carbocycles. The minimum Gasteiger partial charge on any atom is -0.385 e. The van der Waals surface area contributed by atoms with E-state index in [1.54, 1.807) is 62.6 Å². The molecule has 0 aliphatic carbocycles. The van der Waals surface area contributed by atoms with Gasteiger partial charge in [0.05, 0.1) is 12.8 Å². The maximum absolute atomic E-state index is 13.4. The van der Waals surface area contributed by atoms with Crippen LogP contribution in [0.25, 0.3) is 0 Å². The molecule has 186 valence electrons. The molecule has 2 rings (SSSR count). The summed E-state index contributed by atoms with van der Waals surface area (Å²) in [6.45, 7) is 2.34. The SMILES string of the molecule is COCCCNC(=O)[C@H](C)N(Cc1ccc(Cl)cc1)C(=O)CN(Cc1ccccc1)S(C)(=O)=O. The summed E-state index contributed by atoms with van der Waals surface area (Å²) in [5.74, 6) is -0.803. The van der Waals surface area contributed by atoms with Crippen LogP contribution in [0.1, 0.15) is 24.5 Å². The molecule has 1 N–H and O–H groups in total. The van der Waals surface area contributed by atoms with E-state index in [1.807, 2.05) is 6.07 Å². The molecule has 0 aliphatic rings. The molecular formula is C24H32ClN3O5S. The summed E-state index contributed by atoms with van der Waals surface area (Å²) in [6.07, 6.45) is 1.71. The lowest BCUT2D eigenvalue weighted by molar-refractivity contribution is -0.140. The fourth-order valence-corrected chi connectivity index (χ4v) is 4.12. The standard InChI is InChI=1S/C24H32ClN3O5S/c1-19(24(30)26-14-7-15-33-2)28(17-21-10-12-22(25)13-11-21)23(29)18-27(34(3,31)32)16-20-8-5-4-6-9-20/h4-6,8-13,19H,7,14-18H2,1-3H3,(H,26,30)/t19-/m0/s1. The maximum Gasteiger partial charge on any atom is 0.242 e. The topological polar surface area (TPSA) is 96.0 Å². The van der Waals surface area contributed by atoms with Crippen LogP contribution in [0.2, 0.25) is 5.02 Å². The van der Waals surface area contributed by atoms with Gasteiger partial charge in [0, 0.05) is 38.4 Å². The van der Waals surface area contributed by atoms with Crippen molar-refractivity contribution in [1.82, 2.24) is 14.5 Å². The van der Waals surface area contributed by atoms with E-state index >= 15 is 0 Å². The number of ether oxygens (including phenoxy) is 1. The molecule has 0 bridgehead atoms. The Labute approximate surface area is 206 Å². The number of carbonyl (C=O) groups is 2. The quantitative estimate of drug-likeness (QED) is 0.419. The van der Waals surface area contributed by atoms with Crippen LogP contribution >= 0.6 is 11.6 Å². The molecule has 2 amide bonds. The second-order valence-corrected chi connectivity index (χ2v) is 10.4. The normalized spacial score (nSPS) is 12.4. The van der Waals surface area contributed by atoms with E-state index in [0.29, 0.717) is 24.6 Å². The van der Waals surface area contributed by atoms with Crippen molar-refractivity contribution in [1.29, 1.82) is 0 Å². The van der Waals surface area contributed by atoms with Gasteiger partial charge in [-0.15, -0.1) is 0 Å². The average Bonchev–Trinajstić information content (AvgIpc) is 2.80. The van der Waals surface area contributed by atoms with E-state index in [4.69, 9.17) is 16.3 Å². The highest BCUT2D eigenvalue weighted by Crippen LogP contribution is 2.16. The molecular weight excluding hydrogens is 478 g/mol. The fraction of sp³-hybridized carbons (Fsp3) is 0.417. The molecule has 0 aliphatic heterocycles. The van der Waals surface area contributed by atoms with Crippen molar-refractivity contribution in [3.05, 3.63) is 70.7 Å². The lowest BCUT2D eigenvalue weighted by atomic mass is 10.1. The van der Waals surface area contributed by atoms with Gasteiger partial charge < -0.3 is 15.0 Å².